The van der Waals surface area contributed by atoms with E-state index in [2.05, 4.69) is 13.8 Å². The number of nitrogens with two attached hydrogens (primary N) is 1. The molecule has 3 heteroatoms. The number of hydrogen-bond donors (Lipinski definition) is 1. The van der Waals surface area contributed by atoms with Crippen LogP contribution in [0, 0.1) is 0 Å². The molecule has 1 atom stereocenters. The summed E-state index contributed by atoms with van der Waals surface area (Å²) >= 11 is 2.01. The Labute approximate surface area is 103 Å². The minimum atomic E-state index is 0.756. The van der Waals surface area contributed by atoms with E-state index >= 15 is 0 Å². The van der Waals surface area contributed by atoms with E-state index in [0.717, 1.165) is 35.5 Å². The third-order valence-electron chi connectivity index (χ3n) is 2.39. The zero-order valence-electron chi connectivity index (χ0n) is 10.1. The fraction of sp³-hybridized carbons (Fsp3) is 0.538. The smallest absolute Gasteiger partial charge is 0.121 e. The van der Waals surface area contributed by atoms with Gasteiger partial charge in [-0.1, -0.05) is 19.9 Å². The van der Waals surface area contributed by atoms with E-state index in [-0.39, 0.29) is 0 Å². The average molecular weight is 239 g/mol. The van der Waals surface area contributed by atoms with Crippen molar-refractivity contribution in [3.8, 4) is 5.75 Å². The second kappa shape index (κ2) is 7.44. The Morgan fingerprint density at radius 1 is 1.44 bits per heavy atom. The molecule has 1 aromatic carbocycles. The van der Waals surface area contributed by atoms with Gasteiger partial charge in [-0.2, -0.15) is 11.8 Å². The van der Waals surface area contributed by atoms with E-state index in [4.69, 9.17) is 10.5 Å². The van der Waals surface area contributed by atoms with Crippen molar-refractivity contribution in [2.24, 2.45) is 0 Å². The molecule has 0 aliphatic carbocycles. The zero-order valence-corrected chi connectivity index (χ0v) is 10.9. The minimum Gasteiger partial charge on any atom is -0.493 e. The lowest BCUT2D eigenvalue weighted by molar-refractivity contribution is 0.319. The van der Waals surface area contributed by atoms with Crippen molar-refractivity contribution in [3.05, 3.63) is 24.3 Å². The van der Waals surface area contributed by atoms with Crippen molar-refractivity contribution in [2.75, 3.05) is 18.1 Å². The Morgan fingerprint density at radius 2 is 2.25 bits per heavy atom. The molecule has 90 valence electrons. The lowest BCUT2D eigenvalue weighted by atomic mass is 10.3. The summed E-state index contributed by atoms with van der Waals surface area (Å²) in [5, 5.41) is 0.757. The Balaban J connectivity index is 2.12. The van der Waals surface area contributed by atoms with Gasteiger partial charge in [-0.05, 0) is 30.7 Å². The predicted octanol–water partition coefficient (Wildman–Crippen LogP) is 3.57. The standard InChI is InChI=1S/C13H21NOS/c1-3-11(2)16-9-5-8-15-13-7-4-6-12(14)10-13/h4,6-7,10-11H,3,5,8-9,14H2,1-2H3. The molecule has 2 N–H and O–H groups in total. The lowest BCUT2D eigenvalue weighted by Crippen LogP contribution is -2.01. The van der Waals surface area contributed by atoms with Crippen LogP contribution in [0.2, 0.25) is 0 Å². The van der Waals surface area contributed by atoms with Crippen molar-refractivity contribution < 1.29 is 4.74 Å². The highest BCUT2D eigenvalue weighted by Gasteiger charge is 1.99. The van der Waals surface area contributed by atoms with E-state index in [1.54, 1.807) is 0 Å². The van der Waals surface area contributed by atoms with Crippen LogP contribution in [0.5, 0.6) is 5.75 Å². The van der Waals surface area contributed by atoms with Crippen LogP contribution in [-0.2, 0) is 0 Å². The van der Waals surface area contributed by atoms with Crippen molar-refractivity contribution in [3.63, 3.8) is 0 Å². The van der Waals surface area contributed by atoms with Gasteiger partial charge in [-0.3, -0.25) is 0 Å². The Hall–Kier alpha value is -0.830. The molecule has 0 aliphatic heterocycles. The average Bonchev–Trinajstić information content (AvgIpc) is 2.28. The summed E-state index contributed by atoms with van der Waals surface area (Å²) in [5.41, 5.74) is 6.42. The van der Waals surface area contributed by atoms with E-state index in [9.17, 15) is 0 Å². The largest absolute Gasteiger partial charge is 0.493 e. The Bertz CT molecular complexity index is 304. The number of hydrogen-bond acceptors (Lipinski definition) is 3. The van der Waals surface area contributed by atoms with E-state index in [1.165, 1.54) is 6.42 Å². The fourth-order valence-corrected chi connectivity index (χ4v) is 2.18. The molecule has 0 fully saturated rings. The highest BCUT2D eigenvalue weighted by molar-refractivity contribution is 7.99. The number of ether oxygens (including phenoxy) is 1. The van der Waals surface area contributed by atoms with Gasteiger partial charge in [0.25, 0.3) is 0 Å². The van der Waals surface area contributed by atoms with Gasteiger partial charge in [0.2, 0.25) is 0 Å². The van der Waals surface area contributed by atoms with Crippen molar-refractivity contribution in [1.82, 2.24) is 0 Å². The SMILES string of the molecule is CCC(C)SCCCOc1cccc(N)c1. The van der Waals surface area contributed by atoms with Crippen molar-refractivity contribution in [2.45, 2.75) is 31.9 Å². The van der Waals surface area contributed by atoms with Gasteiger partial charge >= 0.3 is 0 Å². The van der Waals surface area contributed by atoms with Crippen LogP contribution in [-0.4, -0.2) is 17.6 Å². The van der Waals surface area contributed by atoms with Gasteiger partial charge in [-0.15, -0.1) is 0 Å². The normalized spacial score (nSPS) is 12.4. The summed E-state index contributed by atoms with van der Waals surface area (Å²) in [6.45, 7) is 5.26. The summed E-state index contributed by atoms with van der Waals surface area (Å²) in [5.74, 6) is 2.03. The second-order valence-corrected chi connectivity index (χ2v) is 5.41. The maximum absolute atomic E-state index is 5.66. The molecule has 0 bridgehead atoms. The molecule has 0 spiro atoms. The Morgan fingerprint density at radius 3 is 2.94 bits per heavy atom. The Kier molecular flexibility index (Phi) is 6.16. The number of anilines is 1. The van der Waals surface area contributed by atoms with Crippen molar-refractivity contribution in [1.29, 1.82) is 0 Å². The first-order valence-corrected chi connectivity index (χ1v) is 6.87. The monoisotopic (exact) mass is 239 g/mol. The second-order valence-electron chi connectivity index (χ2n) is 3.86. The molecule has 0 saturated carbocycles. The summed E-state index contributed by atoms with van der Waals surface area (Å²) < 4.78 is 5.61. The van der Waals surface area contributed by atoms with Crippen LogP contribution >= 0.6 is 11.8 Å². The van der Waals surface area contributed by atoms with Gasteiger partial charge in [-0.25, -0.2) is 0 Å². The first kappa shape index (κ1) is 13.2. The topological polar surface area (TPSA) is 35.2 Å². The molecular formula is C13H21NOS. The fourth-order valence-electron chi connectivity index (χ4n) is 1.26. The molecule has 1 unspecified atom stereocenters. The van der Waals surface area contributed by atoms with Gasteiger partial charge in [0, 0.05) is 17.0 Å². The minimum absolute atomic E-state index is 0.756. The third-order valence-corrected chi connectivity index (χ3v) is 3.82. The summed E-state index contributed by atoms with van der Waals surface area (Å²) in [7, 11) is 0. The van der Waals surface area contributed by atoms with Crippen LogP contribution < -0.4 is 10.5 Å². The number of thioether (sulfide) groups is 1. The van der Waals surface area contributed by atoms with Crippen LogP contribution in [0.25, 0.3) is 0 Å². The van der Waals surface area contributed by atoms with Crippen LogP contribution in [0.4, 0.5) is 5.69 Å². The molecule has 0 amide bonds. The maximum atomic E-state index is 5.66. The summed E-state index contributed by atoms with van der Waals surface area (Å²) in [6, 6.07) is 7.59. The van der Waals surface area contributed by atoms with Gasteiger partial charge < -0.3 is 10.5 Å². The number of nitrogen functional groups attached to an aromatic ring is 1. The lowest BCUT2D eigenvalue weighted by Gasteiger charge is -2.09. The first-order chi connectivity index (χ1) is 7.72. The number of rotatable bonds is 7. The van der Waals surface area contributed by atoms with Gasteiger partial charge in [0.15, 0.2) is 0 Å². The molecule has 1 aromatic rings. The zero-order chi connectivity index (χ0) is 11.8. The highest BCUT2D eigenvalue weighted by Crippen LogP contribution is 2.16. The van der Waals surface area contributed by atoms with Crippen LogP contribution in [0.3, 0.4) is 0 Å². The van der Waals surface area contributed by atoms with E-state index in [1.807, 2.05) is 36.0 Å². The molecule has 0 radical (unpaired) electrons. The van der Waals surface area contributed by atoms with E-state index in [0.29, 0.717) is 0 Å². The third kappa shape index (κ3) is 5.31. The van der Waals surface area contributed by atoms with E-state index < -0.39 is 0 Å². The van der Waals surface area contributed by atoms with Crippen LogP contribution in [0.15, 0.2) is 24.3 Å². The molecule has 0 aliphatic rings. The number of benzene rings is 1. The summed E-state index contributed by atoms with van der Waals surface area (Å²) in [4.78, 5) is 0. The van der Waals surface area contributed by atoms with Gasteiger partial charge in [0.1, 0.15) is 5.75 Å². The molecular weight excluding hydrogens is 218 g/mol. The van der Waals surface area contributed by atoms with Crippen LogP contribution in [0.1, 0.15) is 26.7 Å². The summed E-state index contributed by atoms with van der Waals surface area (Å²) in [6.07, 6.45) is 2.32. The molecule has 0 saturated heterocycles. The predicted molar refractivity (Wildman–Crippen MR) is 73.2 cm³/mol. The molecule has 0 aromatic heterocycles. The quantitative estimate of drug-likeness (QED) is 0.583. The molecule has 1 rings (SSSR count). The van der Waals surface area contributed by atoms with Gasteiger partial charge in [0.05, 0.1) is 6.61 Å². The first-order valence-electron chi connectivity index (χ1n) is 5.82. The molecule has 0 heterocycles. The van der Waals surface area contributed by atoms with Crippen molar-refractivity contribution >= 4 is 17.4 Å². The maximum Gasteiger partial charge on any atom is 0.121 e. The molecule has 2 nitrogen and oxygen atoms in total. The highest BCUT2D eigenvalue weighted by atomic mass is 32.2. The molecule has 16 heavy (non-hydrogen) atoms.